The highest BCUT2D eigenvalue weighted by Crippen LogP contribution is 2.23. The number of nitrogens with zero attached hydrogens (tertiary/aromatic N) is 2. The van der Waals surface area contributed by atoms with Crippen molar-refractivity contribution in [3.05, 3.63) is 77.2 Å². The SMILES string of the molecule is COc1cc(C(=O)N[C@@H](CC(=O)O)c2cccc(C)c2)nn1-c1ccccc1F. The molecule has 1 heterocycles. The summed E-state index contributed by atoms with van der Waals surface area (Å²) in [6, 6.07) is 13.8. The number of hydrogen-bond acceptors (Lipinski definition) is 4. The van der Waals surface area contributed by atoms with Gasteiger partial charge in [0, 0.05) is 6.07 Å². The number of carbonyl (C=O) groups excluding carboxylic acids is 1. The van der Waals surface area contributed by atoms with E-state index in [0.717, 1.165) is 5.56 Å². The molecule has 3 rings (SSSR count). The molecule has 0 fully saturated rings. The van der Waals surface area contributed by atoms with Gasteiger partial charge in [-0.3, -0.25) is 9.59 Å². The second kappa shape index (κ2) is 8.55. The zero-order valence-electron chi connectivity index (χ0n) is 15.9. The van der Waals surface area contributed by atoms with Crippen molar-refractivity contribution >= 4 is 11.9 Å². The molecule has 0 saturated heterocycles. The molecule has 1 aromatic heterocycles. The lowest BCUT2D eigenvalue weighted by Crippen LogP contribution is -2.30. The third-order valence-corrected chi connectivity index (χ3v) is 4.33. The minimum Gasteiger partial charge on any atom is -0.481 e. The average molecular weight is 397 g/mol. The molecule has 29 heavy (non-hydrogen) atoms. The van der Waals surface area contributed by atoms with Gasteiger partial charge in [0.2, 0.25) is 5.88 Å². The number of methoxy groups -OCH3 is 1. The van der Waals surface area contributed by atoms with E-state index in [1.165, 1.54) is 30.0 Å². The number of amides is 1. The number of nitrogens with one attached hydrogen (secondary N) is 1. The first kappa shape index (κ1) is 20.1. The largest absolute Gasteiger partial charge is 0.481 e. The second-order valence-electron chi connectivity index (χ2n) is 6.47. The quantitative estimate of drug-likeness (QED) is 0.638. The van der Waals surface area contributed by atoms with Gasteiger partial charge < -0.3 is 15.2 Å². The molecular formula is C21H20FN3O4. The summed E-state index contributed by atoms with van der Waals surface area (Å²) >= 11 is 0. The Morgan fingerprint density at radius 1 is 1.21 bits per heavy atom. The Kier molecular flexibility index (Phi) is 5.92. The summed E-state index contributed by atoms with van der Waals surface area (Å²) in [5.41, 5.74) is 1.72. The van der Waals surface area contributed by atoms with Crippen molar-refractivity contribution in [2.24, 2.45) is 0 Å². The van der Waals surface area contributed by atoms with E-state index in [0.29, 0.717) is 5.56 Å². The number of hydrogen-bond donors (Lipinski definition) is 2. The van der Waals surface area contributed by atoms with E-state index in [-0.39, 0.29) is 23.7 Å². The maximum absolute atomic E-state index is 14.1. The number of para-hydroxylation sites is 1. The van der Waals surface area contributed by atoms with Crippen molar-refractivity contribution in [1.82, 2.24) is 15.1 Å². The number of rotatable bonds is 7. The molecule has 0 aliphatic heterocycles. The van der Waals surface area contributed by atoms with Gasteiger partial charge in [0.25, 0.3) is 5.91 Å². The van der Waals surface area contributed by atoms with Crippen LogP contribution in [0.2, 0.25) is 0 Å². The predicted octanol–water partition coefficient (Wildman–Crippen LogP) is 3.27. The summed E-state index contributed by atoms with van der Waals surface area (Å²) in [7, 11) is 1.38. The monoisotopic (exact) mass is 397 g/mol. The maximum Gasteiger partial charge on any atom is 0.305 e. The fraction of sp³-hybridized carbons (Fsp3) is 0.190. The van der Waals surface area contributed by atoms with Gasteiger partial charge in [-0.1, -0.05) is 42.0 Å². The van der Waals surface area contributed by atoms with Crippen molar-refractivity contribution in [3.63, 3.8) is 0 Å². The molecule has 1 atom stereocenters. The topological polar surface area (TPSA) is 93.4 Å². The minimum atomic E-state index is -1.05. The Morgan fingerprint density at radius 3 is 2.62 bits per heavy atom. The number of carbonyl (C=O) groups is 2. The zero-order chi connectivity index (χ0) is 21.0. The summed E-state index contributed by atoms with van der Waals surface area (Å²) in [6.07, 6.45) is -0.291. The summed E-state index contributed by atoms with van der Waals surface area (Å²) in [5.74, 6) is -1.99. The molecule has 0 bridgehead atoms. The van der Waals surface area contributed by atoms with Gasteiger partial charge in [-0.05, 0) is 24.6 Å². The number of aliphatic carboxylic acids is 1. The van der Waals surface area contributed by atoms with Crippen LogP contribution in [0.15, 0.2) is 54.6 Å². The summed E-state index contributed by atoms with van der Waals surface area (Å²) < 4.78 is 20.5. The molecule has 0 spiro atoms. The normalized spacial score (nSPS) is 11.7. The van der Waals surface area contributed by atoms with Crippen LogP contribution in [-0.2, 0) is 4.79 Å². The molecule has 7 nitrogen and oxygen atoms in total. The Bertz CT molecular complexity index is 1050. The van der Waals surface area contributed by atoms with Crippen LogP contribution < -0.4 is 10.1 Å². The number of carboxylic acid groups (broad SMARTS) is 1. The lowest BCUT2D eigenvalue weighted by atomic mass is 10.0. The number of halogens is 1. The first-order valence-corrected chi connectivity index (χ1v) is 8.87. The number of aryl methyl sites for hydroxylation is 1. The van der Waals surface area contributed by atoms with Crippen LogP contribution in [0.1, 0.15) is 34.1 Å². The van der Waals surface area contributed by atoms with Crippen LogP contribution in [-0.4, -0.2) is 33.9 Å². The van der Waals surface area contributed by atoms with E-state index in [2.05, 4.69) is 10.4 Å². The molecule has 0 radical (unpaired) electrons. The summed E-state index contributed by atoms with van der Waals surface area (Å²) in [6.45, 7) is 1.88. The van der Waals surface area contributed by atoms with Crippen molar-refractivity contribution in [1.29, 1.82) is 0 Å². The predicted molar refractivity (Wildman–Crippen MR) is 104 cm³/mol. The molecule has 8 heteroatoms. The molecule has 1 amide bonds. The van der Waals surface area contributed by atoms with Gasteiger partial charge in [0.05, 0.1) is 19.6 Å². The smallest absolute Gasteiger partial charge is 0.305 e. The summed E-state index contributed by atoms with van der Waals surface area (Å²) in [5, 5.41) is 16.1. The molecule has 0 aliphatic rings. The van der Waals surface area contributed by atoms with Gasteiger partial charge in [-0.25, -0.2) is 4.39 Å². The highest BCUT2D eigenvalue weighted by Gasteiger charge is 2.23. The van der Waals surface area contributed by atoms with Crippen molar-refractivity contribution in [2.75, 3.05) is 7.11 Å². The Morgan fingerprint density at radius 2 is 1.97 bits per heavy atom. The van der Waals surface area contributed by atoms with Crippen molar-refractivity contribution in [3.8, 4) is 11.6 Å². The van der Waals surface area contributed by atoms with Gasteiger partial charge in [0.1, 0.15) is 11.5 Å². The van der Waals surface area contributed by atoms with Crippen LogP contribution in [0, 0.1) is 12.7 Å². The van der Waals surface area contributed by atoms with Crippen molar-refractivity contribution in [2.45, 2.75) is 19.4 Å². The van der Waals surface area contributed by atoms with Crippen LogP contribution in [0.25, 0.3) is 5.69 Å². The van der Waals surface area contributed by atoms with Gasteiger partial charge >= 0.3 is 5.97 Å². The highest BCUT2D eigenvalue weighted by molar-refractivity contribution is 5.93. The number of aromatic nitrogens is 2. The Balaban J connectivity index is 1.91. The molecule has 0 aliphatic carbocycles. The average Bonchev–Trinajstić information content (AvgIpc) is 3.12. The molecule has 0 unspecified atom stereocenters. The van der Waals surface area contributed by atoms with Gasteiger partial charge in [-0.15, -0.1) is 0 Å². The van der Waals surface area contributed by atoms with E-state index in [9.17, 15) is 19.1 Å². The van der Waals surface area contributed by atoms with E-state index in [1.807, 2.05) is 19.1 Å². The zero-order valence-corrected chi connectivity index (χ0v) is 15.9. The third-order valence-electron chi connectivity index (χ3n) is 4.33. The first-order valence-electron chi connectivity index (χ1n) is 8.87. The van der Waals surface area contributed by atoms with Crippen LogP contribution in [0.4, 0.5) is 4.39 Å². The Hall–Kier alpha value is -3.68. The molecule has 0 saturated carbocycles. The highest BCUT2D eigenvalue weighted by atomic mass is 19.1. The van der Waals surface area contributed by atoms with Crippen LogP contribution in [0.5, 0.6) is 5.88 Å². The molecule has 150 valence electrons. The van der Waals surface area contributed by atoms with Crippen LogP contribution in [0.3, 0.4) is 0 Å². The van der Waals surface area contributed by atoms with E-state index in [4.69, 9.17) is 4.74 Å². The minimum absolute atomic E-state index is 0.0202. The lowest BCUT2D eigenvalue weighted by molar-refractivity contribution is -0.137. The van der Waals surface area contributed by atoms with Gasteiger partial charge in [0.15, 0.2) is 5.69 Å². The molecular weight excluding hydrogens is 377 g/mol. The number of carboxylic acids is 1. The van der Waals surface area contributed by atoms with Crippen LogP contribution >= 0.6 is 0 Å². The van der Waals surface area contributed by atoms with Crippen molar-refractivity contribution < 1.29 is 23.8 Å². The fourth-order valence-electron chi connectivity index (χ4n) is 2.96. The first-order chi connectivity index (χ1) is 13.9. The third kappa shape index (κ3) is 4.60. The second-order valence-corrected chi connectivity index (χ2v) is 6.47. The molecule has 2 N–H and O–H groups in total. The number of benzene rings is 2. The standard InChI is InChI=1S/C21H20FN3O4/c1-13-6-5-7-14(10-13)16(12-20(26)27)23-21(28)17-11-19(29-2)25(24-17)18-9-4-3-8-15(18)22/h3-11,16H,12H2,1-2H3,(H,23,28)(H,26,27)/t16-/m0/s1. The summed E-state index contributed by atoms with van der Waals surface area (Å²) in [4.78, 5) is 24.0. The maximum atomic E-state index is 14.1. The molecule has 2 aromatic carbocycles. The van der Waals surface area contributed by atoms with E-state index < -0.39 is 23.7 Å². The lowest BCUT2D eigenvalue weighted by Gasteiger charge is -2.17. The van der Waals surface area contributed by atoms with E-state index in [1.54, 1.807) is 24.3 Å². The Labute approximate surface area is 166 Å². The fourth-order valence-corrected chi connectivity index (χ4v) is 2.96. The number of ether oxygens (including phenoxy) is 1. The van der Waals surface area contributed by atoms with E-state index >= 15 is 0 Å². The van der Waals surface area contributed by atoms with Gasteiger partial charge in [-0.2, -0.15) is 9.78 Å². The molecule has 3 aromatic rings.